The van der Waals surface area contributed by atoms with Crippen LogP contribution in [0.3, 0.4) is 0 Å². The van der Waals surface area contributed by atoms with Gasteiger partial charge in [0.15, 0.2) is 5.96 Å². The summed E-state index contributed by atoms with van der Waals surface area (Å²) in [4.78, 5) is 5.85. The van der Waals surface area contributed by atoms with E-state index in [2.05, 4.69) is 35.5 Å². The Labute approximate surface area is 191 Å². The summed E-state index contributed by atoms with van der Waals surface area (Å²) in [7, 11) is -5.26. The van der Waals surface area contributed by atoms with Crippen molar-refractivity contribution in [3.05, 3.63) is 22.4 Å². The Balaban J connectivity index is 0.00000420. The Hall–Kier alpha value is -0.600. The SMILES string of the molecule is CCNC(=NCC(C)(C)c1cccs1)NC1CCN(S(=O)(=O)C(F)(F)F)CC1.I. The highest BCUT2D eigenvalue weighted by atomic mass is 127. The summed E-state index contributed by atoms with van der Waals surface area (Å²) in [6.07, 6.45) is 0.572. The lowest BCUT2D eigenvalue weighted by atomic mass is 9.92. The van der Waals surface area contributed by atoms with Crippen molar-refractivity contribution < 1.29 is 21.6 Å². The highest BCUT2D eigenvalue weighted by molar-refractivity contribution is 14.0. The molecule has 0 unspecified atom stereocenters. The van der Waals surface area contributed by atoms with E-state index in [9.17, 15) is 21.6 Å². The maximum atomic E-state index is 12.7. The minimum Gasteiger partial charge on any atom is -0.357 e. The van der Waals surface area contributed by atoms with Crippen LogP contribution in [0.4, 0.5) is 13.2 Å². The lowest BCUT2D eigenvalue weighted by molar-refractivity contribution is -0.0494. The number of nitrogens with zero attached hydrogens (tertiary/aromatic N) is 2. The standard InChI is InChI=1S/C17H27F3N4O2S2.HI/c1-4-21-15(22-12-16(2,3)14-6-5-11-27-14)23-13-7-9-24(10-8-13)28(25,26)17(18,19)20;/h5-6,11,13H,4,7-10,12H2,1-3H3,(H2,21,22,23);1H. The van der Waals surface area contributed by atoms with E-state index in [4.69, 9.17) is 0 Å². The van der Waals surface area contributed by atoms with Crippen molar-refractivity contribution in [1.29, 1.82) is 0 Å². The number of piperidine rings is 1. The molecule has 29 heavy (non-hydrogen) atoms. The highest BCUT2D eigenvalue weighted by Crippen LogP contribution is 2.29. The van der Waals surface area contributed by atoms with E-state index in [0.717, 1.165) is 0 Å². The molecule has 0 aromatic carbocycles. The second-order valence-electron chi connectivity index (χ2n) is 7.32. The Kier molecular flexibility index (Phi) is 9.68. The van der Waals surface area contributed by atoms with Gasteiger partial charge in [-0.25, -0.2) is 8.42 Å². The normalized spacial score (nSPS) is 17.7. The molecule has 0 radical (unpaired) electrons. The maximum absolute atomic E-state index is 12.7. The van der Waals surface area contributed by atoms with Crippen molar-refractivity contribution in [1.82, 2.24) is 14.9 Å². The average molecular weight is 568 g/mol. The molecule has 12 heteroatoms. The number of aliphatic imine (C=N–C) groups is 1. The van der Waals surface area contributed by atoms with E-state index >= 15 is 0 Å². The zero-order chi connectivity index (χ0) is 21.0. The molecule has 1 saturated heterocycles. The van der Waals surface area contributed by atoms with Gasteiger partial charge in [-0.05, 0) is 31.2 Å². The first-order chi connectivity index (χ1) is 13.0. The van der Waals surface area contributed by atoms with E-state index in [-0.39, 0.29) is 61.4 Å². The number of rotatable bonds is 6. The van der Waals surface area contributed by atoms with Gasteiger partial charge in [0.1, 0.15) is 0 Å². The fourth-order valence-electron chi connectivity index (χ4n) is 2.92. The number of halogens is 4. The van der Waals surface area contributed by atoms with Gasteiger partial charge >= 0.3 is 15.5 Å². The van der Waals surface area contributed by atoms with Crippen LogP contribution in [0, 0.1) is 0 Å². The van der Waals surface area contributed by atoms with Gasteiger partial charge < -0.3 is 10.6 Å². The fourth-order valence-corrected chi connectivity index (χ4v) is 4.75. The molecule has 1 aromatic heterocycles. The van der Waals surface area contributed by atoms with E-state index in [1.54, 1.807) is 11.3 Å². The molecule has 0 saturated carbocycles. The van der Waals surface area contributed by atoms with Gasteiger partial charge in [-0.2, -0.15) is 17.5 Å². The first kappa shape index (κ1) is 26.4. The maximum Gasteiger partial charge on any atom is 0.511 e. The summed E-state index contributed by atoms with van der Waals surface area (Å²) in [6.45, 7) is 6.99. The molecule has 1 fully saturated rings. The first-order valence-electron chi connectivity index (χ1n) is 9.12. The first-order valence-corrected chi connectivity index (χ1v) is 11.4. The Morgan fingerprint density at radius 2 is 1.93 bits per heavy atom. The number of alkyl halides is 3. The topological polar surface area (TPSA) is 73.8 Å². The van der Waals surface area contributed by atoms with Gasteiger partial charge in [0.2, 0.25) is 0 Å². The van der Waals surface area contributed by atoms with Crippen LogP contribution in [0.15, 0.2) is 22.5 Å². The lowest BCUT2D eigenvalue weighted by Crippen LogP contribution is -2.51. The van der Waals surface area contributed by atoms with Crippen molar-refractivity contribution in [2.24, 2.45) is 4.99 Å². The van der Waals surface area contributed by atoms with Crippen molar-refractivity contribution in [2.45, 2.75) is 50.6 Å². The van der Waals surface area contributed by atoms with Gasteiger partial charge in [-0.3, -0.25) is 4.99 Å². The van der Waals surface area contributed by atoms with Crippen molar-refractivity contribution in [3.63, 3.8) is 0 Å². The summed E-state index contributed by atoms with van der Waals surface area (Å²) in [5.41, 5.74) is -5.39. The molecule has 1 aromatic rings. The number of hydrogen-bond donors (Lipinski definition) is 2. The summed E-state index contributed by atoms with van der Waals surface area (Å²) >= 11 is 1.67. The molecule has 168 valence electrons. The van der Waals surface area contributed by atoms with Crippen molar-refractivity contribution in [3.8, 4) is 0 Å². The van der Waals surface area contributed by atoms with E-state index in [0.29, 0.717) is 23.4 Å². The number of sulfonamides is 1. The van der Waals surface area contributed by atoms with Gasteiger partial charge in [-0.15, -0.1) is 35.3 Å². The molecule has 2 N–H and O–H groups in total. The zero-order valence-electron chi connectivity index (χ0n) is 16.6. The third kappa shape index (κ3) is 6.96. The molecule has 0 aliphatic carbocycles. The van der Waals surface area contributed by atoms with Crippen LogP contribution in [-0.4, -0.2) is 56.4 Å². The van der Waals surface area contributed by atoms with Crippen molar-refractivity contribution >= 4 is 51.3 Å². The number of thiophene rings is 1. The molecule has 0 atom stereocenters. The van der Waals surface area contributed by atoms with E-state index in [1.807, 2.05) is 18.4 Å². The number of hydrogen-bond acceptors (Lipinski definition) is 4. The molecular weight excluding hydrogens is 540 g/mol. The molecule has 1 aliphatic heterocycles. The third-order valence-electron chi connectivity index (χ3n) is 4.59. The largest absolute Gasteiger partial charge is 0.511 e. The molecule has 0 amide bonds. The van der Waals surface area contributed by atoms with Gasteiger partial charge in [0.05, 0.1) is 6.54 Å². The van der Waals surface area contributed by atoms with E-state index < -0.39 is 15.5 Å². The second-order valence-corrected chi connectivity index (χ2v) is 10.2. The minimum absolute atomic E-state index is 0. The summed E-state index contributed by atoms with van der Waals surface area (Å²) in [6, 6.07) is 3.93. The quantitative estimate of drug-likeness (QED) is 0.313. The molecule has 2 heterocycles. The average Bonchev–Trinajstić information content (AvgIpc) is 3.15. The van der Waals surface area contributed by atoms with E-state index in [1.165, 1.54) is 4.88 Å². The molecule has 0 bridgehead atoms. The van der Waals surface area contributed by atoms with Crippen LogP contribution in [0.25, 0.3) is 0 Å². The number of nitrogens with one attached hydrogen (secondary N) is 2. The van der Waals surface area contributed by atoms with Crippen LogP contribution in [0.5, 0.6) is 0 Å². The molecule has 6 nitrogen and oxygen atoms in total. The summed E-state index contributed by atoms with van der Waals surface area (Å²) in [5.74, 6) is 0.587. The smallest absolute Gasteiger partial charge is 0.357 e. The molecule has 0 spiro atoms. The highest BCUT2D eigenvalue weighted by Gasteiger charge is 2.50. The molecular formula is C17H28F3IN4O2S2. The van der Waals surface area contributed by atoms with Gasteiger partial charge in [0, 0.05) is 36.0 Å². The Morgan fingerprint density at radius 1 is 1.31 bits per heavy atom. The van der Waals surface area contributed by atoms with Crippen LogP contribution in [-0.2, 0) is 15.4 Å². The lowest BCUT2D eigenvalue weighted by Gasteiger charge is -2.32. The number of guanidine groups is 1. The third-order valence-corrected chi connectivity index (χ3v) is 7.46. The summed E-state index contributed by atoms with van der Waals surface area (Å²) in [5, 5.41) is 8.39. The Bertz CT molecular complexity index is 760. The van der Waals surface area contributed by atoms with Crippen molar-refractivity contribution in [2.75, 3.05) is 26.2 Å². The summed E-state index contributed by atoms with van der Waals surface area (Å²) < 4.78 is 61.6. The molecule has 1 aliphatic rings. The predicted molar refractivity (Wildman–Crippen MR) is 121 cm³/mol. The van der Waals surface area contributed by atoms with Crippen LogP contribution < -0.4 is 10.6 Å². The van der Waals surface area contributed by atoms with Gasteiger partial charge in [-0.1, -0.05) is 19.9 Å². The van der Waals surface area contributed by atoms with Crippen LogP contribution >= 0.6 is 35.3 Å². The molecule has 2 rings (SSSR count). The zero-order valence-corrected chi connectivity index (χ0v) is 20.6. The van der Waals surface area contributed by atoms with Crippen LogP contribution in [0.1, 0.15) is 38.5 Å². The predicted octanol–water partition coefficient (Wildman–Crippen LogP) is 3.51. The van der Waals surface area contributed by atoms with Crippen LogP contribution in [0.2, 0.25) is 0 Å². The second kappa shape index (κ2) is 10.6. The fraction of sp³-hybridized carbons (Fsp3) is 0.706. The Morgan fingerprint density at radius 3 is 2.41 bits per heavy atom. The monoisotopic (exact) mass is 568 g/mol. The van der Waals surface area contributed by atoms with Gasteiger partial charge in [0.25, 0.3) is 0 Å². The minimum atomic E-state index is -5.26.